The lowest BCUT2D eigenvalue weighted by Gasteiger charge is -1.88. The minimum atomic E-state index is -0.437. The first-order valence-corrected chi connectivity index (χ1v) is 8.85. The summed E-state index contributed by atoms with van der Waals surface area (Å²) < 4.78 is 1.88. The van der Waals surface area contributed by atoms with Crippen LogP contribution in [0.4, 0.5) is 16.5 Å². The fourth-order valence-electron chi connectivity index (χ4n) is 2.04. The van der Waals surface area contributed by atoms with Gasteiger partial charge in [0.1, 0.15) is 0 Å². The van der Waals surface area contributed by atoms with Gasteiger partial charge in [0.15, 0.2) is 9.60 Å². The van der Waals surface area contributed by atoms with Crippen LogP contribution in [0, 0.1) is 20.2 Å². The molecular weight excluding hydrogens is 402 g/mol. The summed E-state index contributed by atoms with van der Waals surface area (Å²) in [5.41, 5.74) is 6.98. The molecule has 2 aromatic heterocycles. The molecule has 0 atom stereocenters. The van der Waals surface area contributed by atoms with Gasteiger partial charge in [-0.2, -0.15) is 0 Å². The van der Waals surface area contributed by atoms with Gasteiger partial charge >= 0.3 is 0 Å². The van der Waals surface area contributed by atoms with E-state index < -0.39 is 9.85 Å². The monoisotopic (exact) mass is 409 g/mol. The molecule has 132 valence electrons. The lowest BCUT2D eigenvalue weighted by Crippen LogP contribution is -1.85. The van der Waals surface area contributed by atoms with E-state index in [9.17, 15) is 20.2 Å². The Hall–Kier alpha value is -2.89. The van der Waals surface area contributed by atoms with Crippen molar-refractivity contribution in [1.29, 1.82) is 0 Å². The maximum Gasteiger partial charge on any atom is 0.270 e. The standard InChI is InChI=1S/C7H3ClN2O2S.C7H5N3O2S/c2*8-7-9-5-2-1-4(10(11)12)3-6(5)13-7/h1-3H;1-3H,(H2,8,9). The third-order valence-corrected chi connectivity index (χ3v) is 5.13. The van der Waals surface area contributed by atoms with E-state index in [0.717, 1.165) is 9.40 Å². The second-order valence-corrected chi connectivity index (χ2v) is 7.51. The van der Waals surface area contributed by atoms with Crippen LogP contribution >= 0.6 is 34.3 Å². The number of anilines is 1. The number of rotatable bonds is 2. The van der Waals surface area contributed by atoms with E-state index in [1.165, 1.54) is 46.9 Å². The summed E-state index contributed by atoms with van der Waals surface area (Å²) in [6.45, 7) is 0. The number of nitrogens with two attached hydrogens (primary N) is 1. The van der Waals surface area contributed by atoms with Crippen LogP contribution in [0.25, 0.3) is 20.4 Å². The summed E-state index contributed by atoms with van der Waals surface area (Å²) in [5, 5.41) is 21.2. The van der Waals surface area contributed by atoms with Crippen molar-refractivity contribution in [3.8, 4) is 0 Å². The van der Waals surface area contributed by atoms with E-state index in [1.54, 1.807) is 12.1 Å². The largest absolute Gasteiger partial charge is 0.375 e. The number of nitro benzene ring substituents is 2. The molecule has 9 nitrogen and oxygen atoms in total. The summed E-state index contributed by atoms with van der Waals surface area (Å²) in [4.78, 5) is 27.9. The van der Waals surface area contributed by atoms with Gasteiger partial charge in [-0.25, -0.2) is 9.97 Å². The zero-order valence-electron chi connectivity index (χ0n) is 12.7. The Morgan fingerprint density at radius 1 is 0.885 bits per heavy atom. The topological polar surface area (TPSA) is 138 Å². The number of nitro groups is 2. The number of halogens is 1. The number of non-ortho nitro benzene ring substituents is 2. The van der Waals surface area contributed by atoms with Gasteiger partial charge in [0.25, 0.3) is 11.4 Å². The molecule has 0 fully saturated rings. The molecule has 4 rings (SSSR count). The van der Waals surface area contributed by atoms with Crippen LogP contribution in [0.2, 0.25) is 4.47 Å². The molecule has 2 heterocycles. The fourth-order valence-corrected chi connectivity index (χ4v) is 3.87. The molecule has 0 bridgehead atoms. The number of fused-ring (bicyclic) bond motifs is 2. The van der Waals surface area contributed by atoms with Crippen molar-refractivity contribution in [1.82, 2.24) is 9.97 Å². The highest BCUT2D eigenvalue weighted by Gasteiger charge is 2.09. The molecule has 0 saturated carbocycles. The van der Waals surface area contributed by atoms with Gasteiger partial charge in [-0.1, -0.05) is 22.9 Å². The first-order chi connectivity index (χ1) is 12.3. The molecule has 0 saturated heterocycles. The van der Waals surface area contributed by atoms with E-state index in [1.807, 2.05) is 0 Å². The van der Waals surface area contributed by atoms with Gasteiger partial charge in [-0.05, 0) is 12.1 Å². The van der Waals surface area contributed by atoms with E-state index in [0.29, 0.717) is 20.6 Å². The zero-order valence-corrected chi connectivity index (χ0v) is 15.0. The first-order valence-electron chi connectivity index (χ1n) is 6.84. The van der Waals surface area contributed by atoms with E-state index >= 15 is 0 Å². The van der Waals surface area contributed by atoms with Crippen molar-refractivity contribution in [3.05, 3.63) is 61.1 Å². The van der Waals surface area contributed by atoms with Crippen molar-refractivity contribution in [2.24, 2.45) is 0 Å². The van der Waals surface area contributed by atoms with Crippen LogP contribution in [-0.2, 0) is 0 Å². The van der Waals surface area contributed by atoms with Crippen LogP contribution in [-0.4, -0.2) is 19.8 Å². The quantitative estimate of drug-likeness (QED) is 0.375. The van der Waals surface area contributed by atoms with Gasteiger partial charge in [0.05, 0.1) is 30.3 Å². The van der Waals surface area contributed by atoms with Gasteiger partial charge in [-0.3, -0.25) is 20.2 Å². The average molecular weight is 410 g/mol. The summed E-state index contributed by atoms with van der Waals surface area (Å²) in [7, 11) is 0. The van der Waals surface area contributed by atoms with Crippen molar-refractivity contribution >= 4 is 71.2 Å². The highest BCUT2D eigenvalue weighted by Crippen LogP contribution is 2.29. The number of benzene rings is 2. The maximum atomic E-state index is 10.4. The number of aromatic nitrogens is 2. The highest BCUT2D eigenvalue weighted by molar-refractivity contribution is 7.22. The van der Waals surface area contributed by atoms with Gasteiger partial charge in [-0.15, -0.1) is 11.3 Å². The molecule has 0 radical (unpaired) electrons. The summed E-state index contributed by atoms with van der Waals surface area (Å²) in [6, 6.07) is 8.97. The molecule has 0 spiro atoms. The fraction of sp³-hybridized carbons (Fsp3) is 0. The predicted molar refractivity (Wildman–Crippen MR) is 102 cm³/mol. The number of thiazole rings is 2. The second kappa shape index (κ2) is 7.15. The Labute approximate surface area is 158 Å². The molecule has 0 aliphatic heterocycles. The third kappa shape index (κ3) is 3.85. The van der Waals surface area contributed by atoms with Crippen molar-refractivity contribution in [2.75, 3.05) is 5.73 Å². The lowest BCUT2D eigenvalue weighted by atomic mass is 10.3. The van der Waals surface area contributed by atoms with Crippen molar-refractivity contribution in [3.63, 3.8) is 0 Å². The molecule has 2 aromatic carbocycles. The van der Waals surface area contributed by atoms with Crippen LogP contribution in [0.1, 0.15) is 0 Å². The van der Waals surface area contributed by atoms with Gasteiger partial charge in [0.2, 0.25) is 0 Å². The number of nitrogen functional groups attached to an aromatic ring is 1. The summed E-state index contributed by atoms with van der Waals surface area (Å²) in [6.07, 6.45) is 0. The highest BCUT2D eigenvalue weighted by atomic mass is 35.5. The molecule has 2 N–H and O–H groups in total. The minimum absolute atomic E-state index is 0.0628. The maximum absolute atomic E-state index is 10.4. The van der Waals surface area contributed by atoms with Gasteiger partial charge < -0.3 is 5.73 Å². The van der Waals surface area contributed by atoms with E-state index in [4.69, 9.17) is 17.3 Å². The van der Waals surface area contributed by atoms with E-state index in [-0.39, 0.29) is 11.4 Å². The molecule has 0 aliphatic rings. The molecule has 4 aromatic rings. The van der Waals surface area contributed by atoms with Crippen LogP contribution < -0.4 is 5.73 Å². The molecule has 12 heteroatoms. The summed E-state index contributed by atoms with van der Waals surface area (Å²) >= 11 is 8.13. The van der Waals surface area contributed by atoms with E-state index in [2.05, 4.69) is 9.97 Å². The van der Waals surface area contributed by atoms with Crippen LogP contribution in [0.5, 0.6) is 0 Å². The Kier molecular flexibility index (Phi) is 4.93. The van der Waals surface area contributed by atoms with Crippen LogP contribution in [0.3, 0.4) is 0 Å². The predicted octanol–water partition coefficient (Wildman–Crippen LogP) is 4.64. The Balaban J connectivity index is 0.000000151. The average Bonchev–Trinajstić information content (AvgIpc) is 3.13. The molecule has 0 amide bonds. The smallest absolute Gasteiger partial charge is 0.270 e. The summed E-state index contributed by atoms with van der Waals surface area (Å²) in [5.74, 6) is 0. The molecular formula is C14H8ClN5O4S2. The lowest BCUT2D eigenvalue weighted by molar-refractivity contribution is -0.384. The minimum Gasteiger partial charge on any atom is -0.375 e. The molecule has 26 heavy (non-hydrogen) atoms. The van der Waals surface area contributed by atoms with Gasteiger partial charge in [0, 0.05) is 24.3 Å². The molecule has 0 aliphatic carbocycles. The second-order valence-electron chi connectivity index (χ2n) is 4.84. The normalized spacial score (nSPS) is 10.5. The number of hydrogen-bond acceptors (Lipinski definition) is 9. The Morgan fingerprint density at radius 3 is 1.92 bits per heavy atom. The van der Waals surface area contributed by atoms with Crippen molar-refractivity contribution in [2.45, 2.75) is 0 Å². The zero-order chi connectivity index (χ0) is 18.8. The van der Waals surface area contributed by atoms with Crippen molar-refractivity contribution < 1.29 is 9.85 Å². The number of nitrogens with zero attached hydrogens (tertiary/aromatic N) is 4. The molecule has 0 unspecified atom stereocenters. The first kappa shape index (κ1) is 17.9. The Morgan fingerprint density at radius 2 is 1.38 bits per heavy atom. The number of hydrogen-bond donors (Lipinski definition) is 1. The SMILES string of the molecule is Nc1nc2ccc([N+](=O)[O-])cc2s1.O=[N+]([O-])c1ccc2nc(Cl)sc2c1. The third-order valence-electron chi connectivity index (χ3n) is 3.16. The van der Waals surface area contributed by atoms with Crippen LogP contribution in [0.15, 0.2) is 36.4 Å². The Bertz CT molecular complexity index is 1050.